The number of piperidine rings is 1. The number of aliphatic hydroxyl groups is 1. The van der Waals surface area contributed by atoms with Crippen LogP contribution < -0.4 is 5.32 Å². The smallest absolute Gasteiger partial charge is 0.340 e. The van der Waals surface area contributed by atoms with Crippen molar-refractivity contribution in [3.05, 3.63) is 35.0 Å². The minimum absolute atomic E-state index is 0. The van der Waals surface area contributed by atoms with Gasteiger partial charge in [0.25, 0.3) is 0 Å². The molecule has 1 aromatic heterocycles. The lowest BCUT2D eigenvalue weighted by molar-refractivity contribution is 0.0602. The number of nitrogens with one attached hydrogen (secondary N) is 1. The summed E-state index contributed by atoms with van der Waals surface area (Å²) in [5, 5.41) is 14.8. The first-order valence-corrected chi connectivity index (χ1v) is 8.76. The first-order valence-electron chi connectivity index (χ1n) is 8.39. The van der Waals surface area contributed by atoms with Gasteiger partial charge >= 0.3 is 5.97 Å². The minimum atomic E-state index is -0.356. The number of hydrogen-bond donors (Lipinski definition) is 2. The lowest BCUT2D eigenvalue weighted by Gasteiger charge is -2.29. The zero-order valence-corrected chi connectivity index (χ0v) is 17.0. The number of fused-ring (bicyclic) bond motifs is 1. The fraction of sp³-hybridized carbons (Fsp3) is 0.500. The number of carbonyl (C=O) groups excluding carboxylic acids is 1. The fourth-order valence-electron chi connectivity index (χ4n) is 3.48. The van der Waals surface area contributed by atoms with Gasteiger partial charge < -0.3 is 19.7 Å². The summed E-state index contributed by atoms with van der Waals surface area (Å²) < 4.78 is 6.89. The fourth-order valence-corrected chi connectivity index (χ4v) is 3.76. The molecule has 1 aliphatic rings. The number of aryl methyl sites for hydroxylation is 1. The number of para-hydroxylation sites is 1. The molecule has 2 aromatic rings. The van der Waals surface area contributed by atoms with Crippen LogP contribution in [0.1, 0.15) is 36.0 Å². The number of methoxy groups -OCH3 is 1. The second-order valence-corrected chi connectivity index (χ2v) is 6.68. The highest BCUT2D eigenvalue weighted by atomic mass is 35.5. The van der Waals surface area contributed by atoms with Crippen LogP contribution in [0.2, 0.25) is 5.02 Å². The third kappa shape index (κ3) is 4.84. The van der Waals surface area contributed by atoms with E-state index < -0.39 is 0 Å². The van der Waals surface area contributed by atoms with Crippen LogP contribution in [0.5, 0.6) is 0 Å². The number of aromatic nitrogens is 1. The van der Waals surface area contributed by atoms with E-state index in [0.29, 0.717) is 10.6 Å². The van der Waals surface area contributed by atoms with E-state index in [4.69, 9.17) is 16.3 Å². The van der Waals surface area contributed by atoms with Crippen molar-refractivity contribution in [3.63, 3.8) is 0 Å². The topological polar surface area (TPSA) is 63.5 Å². The molecular formula is C18H25Cl3N2O3. The standard InChI is InChI=1S/C18H23ClN2O3.2ClH/c1-24-18(23)13-11-21(17-12(13)5-2-6-14(17)19)10-4-7-15-16(22)8-3-9-20-15;;/h2,5-6,11,15-16,20,22H,3-4,7-10H2,1H3;2*1H. The highest BCUT2D eigenvalue weighted by molar-refractivity contribution is 6.35. The average Bonchev–Trinajstić information content (AvgIpc) is 2.96. The summed E-state index contributed by atoms with van der Waals surface area (Å²) in [5.74, 6) is -0.356. The first kappa shape index (κ1) is 23.1. The van der Waals surface area contributed by atoms with Crippen LogP contribution >= 0.6 is 36.4 Å². The average molecular weight is 424 g/mol. The minimum Gasteiger partial charge on any atom is -0.465 e. The molecule has 3 rings (SSSR count). The van der Waals surface area contributed by atoms with Crippen LogP contribution in [0.25, 0.3) is 10.9 Å². The SMILES string of the molecule is COC(=O)c1cn(CCCC2NCCCC2O)c2c(Cl)cccc12.Cl.Cl. The van der Waals surface area contributed by atoms with Crippen molar-refractivity contribution in [1.82, 2.24) is 9.88 Å². The third-order valence-corrected chi connectivity index (χ3v) is 5.02. The number of halogens is 3. The molecule has 2 heterocycles. The Bertz CT molecular complexity index is 736. The van der Waals surface area contributed by atoms with Crippen molar-refractivity contribution >= 4 is 53.3 Å². The van der Waals surface area contributed by atoms with Crippen LogP contribution in [0, 0.1) is 0 Å². The predicted octanol–water partition coefficient (Wildman–Crippen LogP) is 3.82. The highest BCUT2D eigenvalue weighted by Crippen LogP contribution is 2.29. The molecule has 0 aliphatic carbocycles. The molecule has 2 N–H and O–H groups in total. The first-order chi connectivity index (χ1) is 11.6. The molecule has 8 heteroatoms. The Labute approximate surface area is 170 Å². The summed E-state index contributed by atoms with van der Waals surface area (Å²) >= 11 is 6.35. The molecule has 146 valence electrons. The van der Waals surface area contributed by atoms with E-state index in [1.54, 1.807) is 0 Å². The third-order valence-electron chi connectivity index (χ3n) is 4.72. The molecule has 26 heavy (non-hydrogen) atoms. The Kier molecular flexibility index (Phi) is 9.21. The van der Waals surface area contributed by atoms with E-state index in [-0.39, 0.29) is 42.9 Å². The molecule has 0 saturated carbocycles. The largest absolute Gasteiger partial charge is 0.465 e. The summed E-state index contributed by atoms with van der Waals surface area (Å²) in [6, 6.07) is 5.70. The van der Waals surface area contributed by atoms with Gasteiger partial charge in [0.1, 0.15) is 0 Å². The van der Waals surface area contributed by atoms with Crippen LogP contribution in [-0.4, -0.2) is 41.4 Å². The lowest BCUT2D eigenvalue weighted by atomic mass is 9.97. The molecule has 0 amide bonds. The van der Waals surface area contributed by atoms with Gasteiger partial charge in [-0.3, -0.25) is 0 Å². The van der Waals surface area contributed by atoms with Crippen LogP contribution in [0.3, 0.4) is 0 Å². The molecule has 1 aliphatic heterocycles. The summed E-state index contributed by atoms with van der Waals surface area (Å²) in [6.07, 6.45) is 5.21. The molecule has 5 nitrogen and oxygen atoms in total. The normalized spacial score (nSPS) is 19.5. The quantitative estimate of drug-likeness (QED) is 0.718. The van der Waals surface area contributed by atoms with Crippen molar-refractivity contribution < 1.29 is 14.6 Å². The Morgan fingerprint density at radius 2 is 2.19 bits per heavy atom. The Morgan fingerprint density at radius 3 is 2.88 bits per heavy atom. The van der Waals surface area contributed by atoms with Gasteiger partial charge in [-0.2, -0.15) is 0 Å². The number of esters is 1. The Balaban J connectivity index is 0.00000169. The van der Waals surface area contributed by atoms with Crippen molar-refractivity contribution in [3.8, 4) is 0 Å². The lowest BCUT2D eigenvalue weighted by Crippen LogP contribution is -2.44. The zero-order chi connectivity index (χ0) is 17.1. The van der Waals surface area contributed by atoms with Gasteiger partial charge in [0, 0.05) is 24.2 Å². The number of aliphatic hydroxyl groups excluding tert-OH is 1. The van der Waals surface area contributed by atoms with E-state index in [9.17, 15) is 9.90 Å². The maximum Gasteiger partial charge on any atom is 0.340 e. The number of rotatable bonds is 5. The van der Waals surface area contributed by atoms with Crippen molar-refractivity contribution in [2.45, 2.75) is 44.4 Å². The summed E-state index contributed by atoms with van der Waals surface area (Å²) in [7, 11) is 1.38. The van der Waals surface area contributed by atoms with Gasteiger partial charge in [0.05, 0.1) is 29.3 Å². The van der Waals surface area contributed by atoms with Crippen molar-refractivity contribution in [1.29, 1.82) is 0 Å². The summed E-state index contributed by atoms with van der Waals surface area (Å²) in [5.41, 5.74) is 1.39. The van der Waals surface area contributed by atoms with Gasteiger partial charge in [-0.15, -0.1) is 24.8 Å². The molecule has 0 bridgehead atoms. The molecule has 2 unspecified atom stereocenters. The number of benzene rings is 1. The van der Waals surface area contributed by atoms with Crippen LogP contribution in [0.15, 0.2) is 24.4 Å². The zero-order valence-electron chi connectivity index (χ0n) is 14.6. The monoisotopic (exact) mass is 422 g/mol. The molecule has 1 fully saturated rings. The molecule has 1 aromatic carbocycles. The van der Waals surface area contributed by atoms with E-state index >= 15 is 0 Å². The van der Waals surface area contributed by atoms with Gasteiger partial charge in [0.2, 0.25) is 0 Å². The van der Waals surface area contributed by atoms with Crippen molar-refractivity contribution in [2.24, 2.45) is 0 Å². The number of hydrogen-bond acceptors (Lipinski definition) is 4. The maximum absolute atomic E-state index is 12.0. The maximum atomic E-state index is 12.0. The molecule has 0 spiro atoms. The van der Waals surface area contributed by atoms with Crippen LogP contribution in [0.4, 0.5) is 0 Å². The van der Waals surface area contributed by atoms with Gasteiger partial charge in [-0.1, -0.05) is 23.7 Å². The molecule has 2 atom stereocenters. The van der Waals surface area contributed by atoms with Crippen LogP contribution in [-0.2, 0) is 11.3 Å². The van der Waals surface area contributed by atoms with E-state index in [1.807, 2.05) is 29.0 Å². The predicted molar refractivity (Wildman–Crippen MR) is 109 cm³/mol. The van der Waals surface area contributed by atoms with E-state index in [0.717, 1.165) is 49.7 Å². The Morgan fingerprint density at radius 1 is 1.42 bits per heavy atom. The summed E-state index contributed by atoms with van der Waals surface area (Å²) in [6.45, 7) is 1.70. The number of ether oxygens (including phenoxy) is 1. The number of carbonyl (C=O) groups is 1. The second-order valence-electron chi connectivity index (χ2n) is 6.28. The van der Waals surface area contributed by atoms with Gasteiger partial charge in [0.15, 0.2) is 0 Å². The van der Waals surface area contributed by atoms with E-state index in [1.165, 1.54) is 7.11 Å². The second kappa shape index (κ2) is 10.4. The number of nitrogens with zero attached hydrogens (tertiary/aromatic N) is 1. The molecule has 0 radical (unpaired) electrons. The van der Waals surface area contributed by atoms with Gasteiger partial charge in [-0.25, -0.2) is 4.79 Å². The van der Waals surface area contributed by atoms with Gasteiger partial charge in [-0.05, 0) is 38.3 Å². The summed E-state index contributed by atoms with van der Waals surface area (Å²) in [4.78, 5) is 12.0. The van der Waals surface area contributed by atoms with E-state index in [2.05, 4.69) is 5.32 Å². The van der Waals surface area contributed by atoms with Crippen molar-refractivity contribution in [2.75, 3.05) is 13.7 Å². The highest BCUT2D eigenvalue weighted by Gasteiger charge is 2.22. The molecule has 1 saturated heterocycles. The molecular weight excluding hydrogens is 399 g/mol. The Hall–Kier alpha value is -0.980.